The standard InChI is InChI=1S/C33H40N2O2/c1-32-16-14-25(37-31(36)30(34)19-22-7-4-3-5-8-22)20-24(32)10-11-26-28-13-12-27(23-9-6-18-35-21-23)33(28,2)17-15-29(26)32/h3-10,12,18,21,25-26,28-30H,11,13-17,19-20,34H2,1-2H3/t25-,26-,28-,29-,30-,32-,33+/m0/s1. The number of nitrogens with two attached hydrogens (primary N) is 1. The van der Waals surface area contributed by atoms with E-state index >= 15 is 0 Å². The first kappa shape index (κ1) is 24.6. The first-order valence-electron chi connectivity index (χ1n) is 14.2. The third kappa shape index (κ3) is 4.27. The van der Waals surface area contributed by atoms with Crippen LogP contribution in [0.15, 0.2) is 72.6 Å². The first-order chi connectivity index (χ1) is 17.9. The van der Waals surface area contributed by atoms with Gasteiger partial charge in [0.1, 0.15) is 12.1 Å². The second kappa shape index (κ2) is 9.54. The van der Waals surface area contributed by atoms with E-state index in [1.165, 1.54) is 36.0 Å². The van der Waals surface area contributed by atoms with Gasteiger partial charge in [0.15, 0.2) is 0 Å². The number of benzene rings is 1. The third-order valence-electron chi connectivity index (χ3n) is 10.5. The van der Waals surface area contributed by atoms with E-state index in [1.807, 2.05) is 42.7 Å². The Morgan fingerprint density at radius 1 is 1.03 bits per heavy atom. The number of nitrogens with zero attached hydrogens (tertiary/aromatic N) is 1. The normalized spacial score (nSPS) is 35.3. The molecule has 2 aromatic rings. The summed E-state index contributed by atoms with van der Waals surface area (Å²) in [4.78, 5) is 17.2. The lowest BCUT2D eigenvalue weighted by molar-refractivity contribution is -0.153. The minimum Gasteiger partial charge on any atom is -0.461 e. The fraction of sp³-hybridized carbons (Fsp3) is 0.515. The van der Waals surface area contributed by atoms with Crippen molar-refractivity contribution in [2.45, 2.75) is 77.4 Å². The molecule has 1 heterocycles. The zero-order chi connectivity index (χ0) is 25.6. The van der Waals surface area contributed by atoms with Gasteiger partial charge < -0.3 is 10.5 Å². The van der Waals surface area contributed by atoms with Gasteiger partial charge >= 0.3 is 5.97 Å². The maximum Gasteiger partial charge on any atom is 0.323 e. The largest absolute Gasteiger partial charge is 0.461 e. The van der Waals surface area contributed by atoms with Gasteiger partial charge in [0.2, 0.25) is 0 Å². The van der Waals surface area contributed by atoms with Gasteiger partial charge in [0, 0.05) is 18.8 Å². The van der Waals surface area contributed by atoms with Crippen LogP contribution in [0.5, 0.6) is 0 Å². The van der Waals surface area contributed by atoms with Crippen molar-refractivity contribution in [3.05, 3.63) is 83.7 Å². The summed E-state index contributed by atoms with van der Waals surface area (Å²) in [5.41, 5.74) is 12.1. The first-order valence-corrected chi connectivity index (χ1v) is 14.2. The van der Waals surface area contributed by atoms with Crippen molar-refractivity contribution in [3.8, 4) is 0 Å². The van der Waals surface area contributed by atoms with Crippen molar-refractivity contribution in [2.24, 2.45) is 34.3 Å². The number of carbonyl (C=O) groups is 1. The molecule has 2 N–H and O–H groups in total. The summed E-state index contributed by atoms with van der Waals surface area (Å²) in [5, 5.41) is 0. The van der Waals surface area contributed by atoms with Gasteiger partial charge in [-0.15, -0.1) is 0 Å². The predicted octanol–water partition coefficient (Wildman–Crippen LogP) is 6.52. The maximum atomic E-state index is 12.8. The van der Waals surface area contributed by atoms with Crippen LogP contribution in [0.2, 0.25) is 0 Å². The molecular weight excluding hydrogens is 456 g/mol. The lowest BCUT2D eigenvalue weighted by Crippen LogP contribution is -2.50. The van der Waals surface area contributed by atoms with Crippen LogP contribution in [-0.2, 0) is 16.0 Å². The second-order valence-electron chi connectivity index (χ2n) is 12.4. The van der Waals surface area contributed by atoms with Gasteiger partial charge in [-0.05, 0) is 96.3 Å². The fourth-order valence-electron chi connectivity index (χ4n) is 8.47. The highest BCUT2D eigenvalue weighted by atomic mass is 16.5. The summed E-state index contributed by atoms with van der Waals surface area (Å²) in [6.45, 7) is 5.01. The van der Waals surface area contributed by atoms with Crippen LogP contribution in [0.1, 0.15) is 69.9 Å². The van der Waals surface area contributed by atoms with E-state index in [2.05, 4.69) is 43.1 Å². The van der Waals surface area contributed by atoms with Crippen molar-refractivity contribution in [2.75, 3.05) is 0 Å². The lowest BCUT2D eigenvalue weighted by atomic mass is 9.47. The van der Waals surface area contributed by atoms with Crippen LogP contribution in [-0.4, -0.2) is 23.1 Å². The summed E-state index contributed by atoms with van der Waals surface area (Å²) in [5.74, 6) is 1.86. The maximum absolute atomic E-state index is 12.8. The molecule has 0 aliphatic heterocycles. The Balaban J connectivity index is 1.13. The van der Waals surface area contributed by atoms with Crippen molar-refractivity contribution in [1.29, 1.82) is 0 Å². The van der Waals surface area contributed by atoms with Gasteiger partial charge in [0.25, 0.3) is 0 Å². The number of hydrogen-bond acceptors (Lipinski definition) is 4. The van der Waals surface area contributed by atoms with Crippen LogP contribution in [0.4, 0.5) is 0 Å². The quantitative estimate of drug-likeness (QED) is 0.378. The number of aromatic nitrogens is 1. The molecule has 0 saturated heterocycles. The number of fused-ring (bicyclic) bond motifs is 5. The molecular formula is C33H40N2O2. The summed E-state index contributed by atoms with van der Waals surface area (Å²) in [6.07, 6.45) is 17.2. The van der Waals surface area contributed by atoms with E-state index in [1.54, 1.807) is 0 Å². The van der Waals surface area contributed by atoms with E-state index in [-0.39, 0.29) is 22.9 Å². The van der Waals surface area contributed by atoms with Crippen molar-refractivity contribution < 1.29 is 9.53 Å². The Labute approximate surface area is 221 Å². The van der Waals surface area contributed by atoms with Gasteiger partial charge in [-0.1, -0.05) is 68.0 Å². The van der Waals surface area contributed by atoms with Crippen molar-refractivity contribution in [3.63, 3.8) is 0 Å². The Morgan fingerprint density at radius 2 is 1.84 bits per heavy atom. The Hall–Kier alpha value is -2.72. The SMILES string of the molecule is C[C@]12CC[C@H](OC(=O)[C@@H](N)Cc3ccccc3)CC1=CC[C@@H]1[C@@H]2CC[C@]2(C)C(c3cccnc3)=CC[C@@H]12. The molecule has 4 aliphatic carbocycles. The zero-order valence-corrected chi connectivity index (χ0v) is 22.2. The van der Waals surface area contributed by atoms with Crippen LogP contribution in [0, 0.1) is 28.6 Å². The van der Waals surface area contributed by atoms with Crippen LogP contribution >= 0.6 is 0 Å². The van der Waals surface area contributed by atoms with E-state index in [9.17, 15) is 4.79 Å². The molecule has 2 saturated carbocycles. The van der Waals surface area contributed by atoms with Crippen LogP contribution < -0.4 is 5.73 Å². The predicted molar refractivity (Wildman–Crippen MR) is 147 cm³/mol. The molecule has 194 valence electrons. The molecule has 37 heavy (non-hydrogen) atoms. The van der Waals surface area contributed by atoms with Gasteiger partial charge in [0.05, 0.1) is 0 Å². The van der Waals surface area contributed by atoms with Crippen molar-refractivity contribution in [1.82, 2.24) is 4.98 Å². The summed E-state index contributed by atoms with van der Waals surface area (Å²) >= 11 is 0. The van der Waals surface area contributed by atoms with E-state index in [4.69, 9.17) is 10.5 Å². The molecule has 2 fully saturated rings. The van der Waals surface area contributed by atoms with Crippen LogP contribution in [0.3, 0.4) is 0 Å². The highest BCUT2D eigenvalue weighted by Crippen LogP contribution is 2.66. The zero-order valence-electron chi connectivity index (χ0n) is 22.2. The topological polar surface area (TPSA) is 65.2 Å². The summed E-state index contributed by atoms with van der Waals surface area (Å²) in [6, 6.07) is 13.6. The number of ether oxygens (including phenoxy) is 1. The molecule has 1 aromatic carbocycles. The highest BCUT2D eigenvalue weighted by molar-refractivity contribution is 5.76. The minimum atomic E-state index is -0.611. The van der Waals surface area contributed by atoms with E-state index in [0.29, 0.717) is 18.3 Å². The molecule has 0 unspecified atom stereocenters. The Bertz CT molecular complexity index is 1210. The molecule has 7 atom stereocenters. The monoisotopic (exact) mass is 496 g/mol. The second-order valence-corrected chi connectivity index (χ2v) is 12.4. The van der Waals surface area contributed by atoms with Crippen molar-refractivity contribution >= 4 is 11.5 Å². The molecule has 0 spiro atoms. The Kier molecular flexibility index (Phi) is 6.35. The number of allylic oxidation sites excluding steroid dienone is 3. The van der Waals surface area contributed by atoms with E-state index < -0.39 is 6.04 Å². The van der Waals surface area contributed by atoms with E-state index in [0.717, 1.165) is 37.2 Å². The molecule has 0 radical (unpaired) electrons. The number of carbonyl (C=O) groups excluding carboxylic acids is 1. The molecule has 6 rings (SSSR count). The van der Waals surface area contributed by atoms with Gasteiger partial charge in [-0.3, -0.25) is 9.78 Å². The average molecular weight is 497 g/mol. The smallest absolute Gasteiger partial charge is 0.323 e. The van der Waals surface area contributed by atoms with Gasteiger partial charge in [-0.25, -0.2) is 0 Å². The molecule has 0 bridgehead atoms. The number of rotatable bonds is 5. The van der Waals surface area contributed by atoms with Crippen LogP contribution in [0.25, 0.3) is 5.57 Å². The third-order valence-corrected chi connectivity index (χ3v) is 10.5. The number of hydrogen-bond donors (Lipinski definition) is 1. The molecule has 4 nitrogen and oxygen atoms in total. The van der Waals surface area contributed by atoms with Gasteiger partial charge in [-0.2, -0.15) is 0 Å². The molecule has 4 heteroatoms. The lowest BCUT2D eigenvalue weighted by Gasteiger charge is -2.57. The number of pyridine rings is 1. The summed E-state index contributed by atoms with van der Waals surface area (Å²) in [7, 11) is 0. The summed E-state index contributed by atoms with van der Waals surface area (Å²) < 4.78 is 5.98. The molecule has 1 aromatic heterocycles. The fourth-order valence-corrected chi connectivity index (χ4v) is 8.47. The molecule has 4 aliphatic rings. The minimum absolute atomic E-state index is 0.0515. The molecule has 0 amide bonds. The Morgan fingerprint density at radius 3 is 2.62 bits per heavy atom. The number of esters is 1. The average Bonchev–Trinajstić information content (AvgIpc) is 3.27. The highest BCUT2D eigenvalue weighted by Gasteiger charge is 2.57.